The van der Waals surface area contributed by atoms with E-state index in [2.05, 4.69) is 43.1 Å². The number of benzene rings is 3. The van der Waals surface area contributed by atoms with E-state index in [0.717, 1.165) is 35.2 Å². The Bertz CT molecular complexity index is 1530. The van der Waals surface area contributed by atoms with Gasteiger partial charge in [0.2, 0.25) is 10.0 Å². The summed E-state index contributed by atoms with van der Waals surface area (Å²) in [6.07, 6.45) is 2.02. The van der Waals surface area contributed by atoms with Crippen molar-refractivity contribution in [1.29, 1.82) is 0 Å². The second-order valence-electron chi connectivity index (χ2n) is 10.2. The first kappa shape index (κ1) is 28.0. The quantitative estimate of drug-likeness (QED) is 0.241. The predicted octanol–water partition coefficient (Wildman–Crippen LogP) is 5.93. The lowest BCUT2D eigenvalue weighted by atomic mass is 10.2. The first-order valence-corrected chi connectivity index (χ1v) is 15.4. The molecule has 4 aromatic rings. The number of anilines is 2. The molecule has 0 spiro atoms. The molecule has 1 aliphatic rings. The summed E-state index contributed by atoms with van der Waals surface area (Å²) in [7, 11) is -3.58. The van der Waals surface area contributed by atoms with Gasteiger partial charge in [0.1, 0.15) is 17.4 Å². The molecule has 2 heterocycles. The fourth-order valence-electron chi connectivity index (χ4n) is 4.84. The minimum Gasteiger partial charge on any atom is -0.494 e. The van der Waals surface area contributed by atoms with Gasteiger partial charge in [0.05, 0.1) is 23.1 Å². The molecule has 1 atom stereocenters. The van der Waals surface area contributed by atoms with Crippen LogP contribution in [0.4, 0.5) is 11.5 Å². The summed E-state index contributed by atoms with van der Waals surface area (Å²) in [5, 5.41) is 4.42. The molecule has 0 radical (unpaired) electrons. The lowest BCUT2D eigenvalue weighted by molar-refractivity contribution is 0.141. The van der Waals surface area contributed by atoms with E-state index in [4.69, 9.17) is 14.7 Å². The molecule has 8 nitrogen and oxygen atoms in total. The molecule has 210 valence electrons. The normalized spacial score (nSPS) is 15.7. The van der Waals surface area contributed by atoms with Gasteiger partial charge >= 0.3 is 0 Å². The van der Waals surface area contributed by atoms with Crippen molar-refractivity contribution < 1.29 is 13.2 Å². The van der Waals surface area contributed by atoms with E-state index in [0.29, 0.717) is 49.3 Å². The minimum atomic E-state index is -3.58. The summed E-state index contributed by atoms with van der Waals surface area (Å²) in [6, 6.07) is 22.9. The molecule has 1 aromatic heterocycles. The van der Waals surface area contributed by atoms with Crippen LogP contribution in [0.5, 0.6) is 5.75 Å². The maximum absolute atomic E-state index is 13.3. The highest BCUT2D eigenvalue weighted by Gasteiger charge is 2.31. The molecule has 1 N–H and O–H groups in total. The summed E-state index contributed by atoms with van der Waals surface area (Å²) in [6.45, 7) is 8.89. The minimum absolute atomic E-state index is 0.0763. The lowest BCUT2D eigenvalue weighted by Gasteiger charge is -2.36. The van der Waals surface area contributed by atoms with Crippen LogP contribution >= 0.6 is 0 Å². The SMILES string of the molecule is CCCCOc1ccc(S(=O)(=O)N2CCN(C(C)c3nc(Nc4ccc(C)cc4)c4ccccc4n3)CC2)cc1. The van der Waals surface area contributed by atoms with Crippen molar-refractivity contribution in [2.45, 2.75) is 44.6 Å². The van der Waals surface area contributed by atoms with Gasteiger partial charge in [-0.1, -0.05) is 43.2 Å². The van der Waals surface area contributed by atoms with Crippen LogP contribution in [0.1, 0.15) is 44.1 Å². The van der Waals surface area contributed by atoms with E-state index in [1.54, 1.807) is 28.6 Å². The Morgan fingerprint density at radius 2 is 1.62 bits per heavy atom. The number of aryl methyl sites for hydroxylation is 1. The third-order valence-corrected chi connectivity index (χ3v) is 9.27. The molecule has 5 rings (SSSR count). The van der Waals surface area contributed by atoms with Crippen LogP contribution in [-0.2, 0) is 10.0 Å². The first-order valence-electron chi connectivity index (χ1n) is 13.9. The Kier molecular flexibility index (Phi) is 8.63. The molecule has 0 saturated carbocycles. The van der Waals surface area contributed by atoms with E-state index in [1.807, 2.05) is 36.4 Å². The largest absolute Gasteiger partial charge is 0.494 e. The molecular weight excluding hydrogens is 522 g/mol. The fourth-order valence-corrected chi connectivity index (χ4v) is 6.26. The number of rotatable bonds is 10. The number of unbranched alkanes of at least 4 members (excludes halogenated alkanes) is 1. The summed E-state index contributed by atoms with van der Waals surface area (Å²) >= 11 is 0. The number of fused-ring (bicyclic) bond motifs is 1. The number of sulfonamides is 1. The standard InChI is InChI=1S/C31H37N5O3S/c1-4-5-22-39-26-14-16-27(17-15-26)40(37,38)36-20-18-35(19-21-36)24(3)30-33-29-9-7-6-8-28(29)31(34-30)32-25-12-10-23(2)11-13-25/h6-17,24H,4-5,18-22H2,1-3H3,(H,32,33,34). The van der Waals surface area contributed by atoms with Crippen LogP contribution in [0.15, 0.2) is 77.7 Å². The van der Waals surface area contributed by atoms with E-state index in [1.165, 1.54) is 5.56 Å². The number of piperazine rings is 1. The van der Waals surface area contributed by atoms with Gasteiger partial charge in [-0.3, -0.25) is 4.90 Å². The van der Waals surface area contributed by atoms with E-state index >= 15 is 0 Å². The van der Waals surface area contributed by atoms with Crippen molar-refractivity contribution >= 4 is 32.4 Å². The lowest BCUT2D eigenvalue weighted by Crippen LogP contribution is -2.49. The molecule has 0 aliphatic carbocycles. The van der Waals surface area contributed by atoms with Crippen LogP contribution in [0.25, 0.3) is 10.9 Å². The van der Waals surface area contributed by atoms with Crippen LogP contribution in [-0.4, -0.2) is 60.4 Å². The number of nitrogens with zero attached hydrogens (tertiary/aromatic N) is 4. The van der Waals surface area contributed by atoms with Crippen LogP contribution in [0.2, 0.25) is 0 Å². The topological polar surface area (TPSA) is 87.7 Å². The highest BCUT2D eigenvalue weighted by atomic mass is 32.2. The van der Waals surface area contributed by atoms with Gasteiger partial charge in [0, 0.05) is 37.3 Å². The Morgan fingerprint density at radius 1 is 0.925 bits per heavy atom. The molecular formula is C31H37N5O3S. The summed E-state index contributed by atoms with van der Waals surface area (Å²) in [4.78, 5) is 12.4. The average Bonchev–Trinajstić information content (AvgIpc) is 2.98. The van der Waals surface area contributed by atoms with Crippen molar-refractivity contribution in [2.75, 3.05) is 38.1 Å². The number of aromatic nitrogens is 2. The maximum Gasteiger partial charge on any atom is 0.243 e. The Labute approximate surface area is 237 Å². The van der Waals surface area contributed by atoms with Crippen molar-refractivity contribution in [1.82, 2.24) is 19.2 Å². The summed E-state index contributed by atoms with van der Waals surface area (Å²) < 4.78 is 33.9. The van der Waals surface area contributed by atoms with Crippen molar-refractivity contribution in [3.63, 3.8) is 0 Å². The molecule has 3 aromatic carbocycles. The van der Waals surface area contributed by atoms with Gasteiger partial charge in [-0.15, -0.1) is 0 Å². The number of para-hydroxylation sites is 1. The van der Waals surface area contributed by atoms with Gasteiger partial charge in [0.15, 0.2) is 0 Å². The Hall–Kier alpha value is -3.53. The van der Waals surface area contributed by atoms with Gasteiger partial charge in [-0.05, 0) is 68.8 Å². The third kappa shape index (κ3) is 6.27. The number of ether oxygens (including phenoxy) is 1. The highest BCUT2D eigenvalue weighted by molar-refractivity contribution is 7.89. The summed E-state index contributed by atoms with van der Waals surface area (Å²) in [5.74, 6) is 2.17. The van der Waals surface area contributed by atoms with Crippen molar-refractivity contribution in [2.24, 2.45) is 0 Å². The zero-order valence-corrected chi connectivity index (χ0v) is 24.2. The monoisotopic (exact) mass is 559 g/mol. The Morgan fingerprint density at radius 3 is 2.33 bits per heavy atom. The van der Waals surface area contributed by atoms with Gasteiger partial charge in [-0.2, -0.15) is 4.31 Å². The Balaban J connectivity index is 1.28. The highest BCUT2D eigenvalue weighted by Crippen LogP contribution is 2.29. The van der Waals surface area contributed by atoms with Crippen molar-refractivity contribution in [3.8, 4) is 5.75 Å². The van der Waals surface area contributed by atoms with Gasteiger partial charge in [0.25, 0.3) is 0 Å². The molecule has 0 amide bonds. The second kappa shape index (κ2) is 12.3. The molecule has 0 bridgehead atoms. The predicted molar refractivity (Wildman–Crippen MR) is 160 cm³/mol. The van der Waals surface area contributed by atoms with E-state index < -0.39 is 10.0 Å². The molecule has 1 saturated heterocycles. The van der Waals surface area contributed by atoms with Gasteiger partial charge < -0.3 is 10.1 Å². The second-order valence-corrected chi connectivity index (χ2v) is 12.2. The summed E-state index contributed by atoms with van der Waals surface area (Å²) in [5.41, 5.74) is 3.03. The molecule has 1 fully saturated rings. The maximum atomic E-state index is 13.3. The fraction of sp³-hybridized carbons (Fsp3) is 0.355. The molecule has 40 heavy (non-hydrogen) atoms. The third-order valence-electron chi connectivity index (χ3n) is 7.36. The zero-order chi connectivity index (χ0) is 28.1. The van der Waals surface area contributed by atoms with Crippen LogP contribution < -0.4 is 10.1 Å². The number of nitrogens with one attached hydrogen (secondary N) is 1. The van der Waals surface area contributed by atoms with E-state index in [9.17, 15) is 8.42 Å². The number of hydrogen-bond donors (Lipinski definition) is 1. The average molecular weight is 560 g/mol. The van der Waals surface area contributed by atoms with E-state index in [-0.39, 0.29) is 6.04 Å². The molecule has 1 unspecified atom stereocenters. The van der Waals surface area contributed by atoms with Crippen LogP contribution in [0, 0.1) is 6.92 Å². The molecule has 9 heteroatoms. The van der Waals surface area contributed by atoms with Crippen molar-refractivity contribution in [3.05, 3.63) is 84.2 Å². The van der Waals surface area contributed by atoms with Crippen LogP contribution in [0.3, 0.4) is 0 Å². The molecule has 1 aliphatic heterocycles. The first-order chi connectivity index (χ1) is 19.3. The zero-order valence-electron chi connectivity index (χ0n) is 23.4. The smallest absolute Gasteiger partial charge is 0.243 e. The number of hydrogen-bond acceptors (Lipinski definition) is 7. The van der Waals surface area contributed by atoms with Gasteiger partial charge in [-0.25, -0.2) is 18.4 Å².